The second-order valence-electron chi connectivity index (χ2n) is 5.42. The molecule has 0 bridgehead atoms. The second-order valence-corrected chi connectivity index (χ2v) is 5.85. The molecule has 20 heavy (non-hydrogen) atoms. The molecule has 1 fully saturated rings. The Bertz CT molecular complexity index is 601. The van der Waals surface area contributed by atoms with Crippen LogP contribution < -0.4 is 0 Å². The van der Waals surface area contributed by atoms with E-state index in [1.165, 1.54) is 11.1 Å². The Morgan fingerprint density at radius 1 is 1.50 bits per heavy atom. The van der Waals surface area contributed by atoms with E-state index in [1.54, 1.807) is 6.20 Å². The molecule has 6 heteroatoms. The molecule has 0 spiro atoms. The molecule has 5 nitrogen and oxygen atoms in total. The number of hydrogen-bond acceptors (Lipinski definition) is 4. The summed E-state index contributed by atoms with van der Waals surface area (Å²) in [5, 5.41) is 21.7. The first-order valence-corrected chi connectivity index (χ1v) is 7.01. The van der Waals surface area contributed by atoms with Crippen LogP contribution in [0.4, 0.5) is 0 Å². The number of rotatable bonds is 3. The lowest BCUT2D eigenvalue weighted by molar-refractivity contribution is 0.0408. The highest BCUT2D eigenvalue weighted by atomic mass is 35.5. The van der Waals surface area contributed by atoms with Gasteiger partial charge in [-0.2, -0.15) is 15.4 Å². The van der Waals surface area contributed by atoms with Crippen molar-refractivity contribution in [2.24, 2.45) is 0 Å². The molecule has 1 saturated heterocycles. The molecule has 1 unspecified atom stereocenters. The van der Waals surface area contributed by atoms with Crippen LogP contribution in [0.5, 0.6) is 0 Å². The zero-order chi connectivity index (χ0) is 14.2. The number of nitrogens with zero attached hydrogens (tertiary/aromatic N) is 3. The van der Waals surface area contributed by atoms with Gasteiger partial charge in [-0.1, -0.05) is 17.7 Å². The van der Waals surface area contributed by atoms with Crippen molar-refractivity contribution in [3.63, 3.8) is 0 Å². The molecule has 2 N–H and O–H groups in total. The van der Waals surface area contributed by atoms with E-state index in [0.717, 1.165) is 18.1 Å². The summed E-state index contributed by atoms with van der Waals surface area (Å²) in [6.45, 7) is 4.28. The van der Waals surface area contributed by atoms with E-state index >= 15 is 0 Å². The lowest BCUT2D eigenvalue weighted by Gasteiger charge is -2.21. The molecule has 1 atom stereocenters. The number of β-amino-alcohol motifs (C(OH)–C–C–N with tert-alkyl or cyclic N) is 1. The zero-order valence-corrected chi connectivity index (χ0v) is 12.1. The molecule has 0 radical (unpaired) electrons. The largest absolute Gasteiger partial charge is 0.382 e. The maximum absolute atomic E-state index is 10.6. The SMILES string of the molecule is Cc1cc(Cl)ccc1CN1CCC(O)(c2cn[nH]n2)C1. The van der Waals surface area contributed by atoms with E-state index < -0.39 is 5.60 Å². The third-order valence-corrected chi connectivity index (χ3v) is 4.15. The van der Waals surface area contributed by atoms with Gasteiger partial charge < -0.3 is 5.11 Å². The smallest absolute Gasteiger partial charge is 0.124 e. The molecular formula is C14H17ClN4O. The molecule has 2 aromatic rings. The predicted octanol–water partition coefficient (Wildman–Crippen LogP) is 1.86. The zero-order valence-electron chi connectivity index (χ0n) is 11.3. The van der Waals surface area contributed by atoms with Gasteiger partial charge in [0, 0.05) is 24.7 Å². The van der Waals surface area contributed by atoms with Gasteiger partial charge in [0.2, 0.25) is 0 Å². The number of nitrogens with one attached hydrogen (secondary N) is 1. The normalized spacial score (nSPS) is 23.4. The molecule has 0 amide bonds. The number of H-pyrrole nitrogens is 1. The molecule has 1 aromatic heterocycles. The average Bonchev–Trinajstić information content (AvgIpc) is 3.03. The van der Waals surface area contributed by atoms with E-state index in [2.05, 4.69) is 27.2 Å². The number of hydrogen-bond donors (Lipinski definition) is 2. The van der Waals surface area contributed by atoms with Crippen LogP contribution in [0.25, 0.3) is 0 Å². The maximum atomic E-state index is 10.6. The molecule has 3 rings (SSSR count). The molecule has 0 aliphatic carbocycles. The Labute approximate surface area is 122 Å². The first-order chi connectivity index (χ1) is 9.57. The second kappa shape index (κ2) is 5.16. The maximum Gasteiger partial charge on any atom is 0.124 e. The lowest BCUT2D eigenvalue weighted by atomic mass is 10.00. The summed E-state index contributed by atoms with van der Waals surface area (Å²) in [7, 11) is 0. The number of likely N-dealkylation sites (tertiary alicyclic amines) is 1. The molecule has 1 aliphatic heterocycles. The molecule has 106 valence electrons. The Morgan fingerprint density at radius 3 is 3.05 bits per heavy atom. The fraction of sp³-hybridized carbons (Fsp3) is 0.429. The lowest BCUT2D eigenvalue weighted by Crippen LogP contribution is -2.31. The Morgan fingerprint density at radius 2 is 2.35 bits per heavy atom. The van der Waals surface area contributed by atoms with Gasteiger partial charge >= 0.3 is 0 Å². The van der Waals surface area contributed by atoms with Gasteiger partial charge in [-0.25, -0.2) is 0 Å². The quantitative estimate of drug-likeness (QED) is 0.906. The fourth-order valence-corrected chi connectivity index (χ4v) is 2.95. The number of aromatic amines is 1. The Balaban J connectivity index is 1.72. The highest BCUT2D eigenvalue weighted by Gasteiger charge is 2.39. The summed E-state index contributed by atoms with van der Waals surface area (Å²) < 4.78 is 0. The van der Waals surface area contributed by atoms with Gasteiger partial charge in [-0.15, -0.1) is 0 Å². The minimum atomic E-state index is -0.896. The van der Waals surface area contributed by atoms with Crippen molar-refractivity contribution >= 4 is 11.6 Å². The Kier molecular flexibility index (Phi) is 3.50. The Hall–Kier alpha value is -1.43. The molecule has 1 aromatic carbocycles. The molecule has 0 saturated carbocycles. The number of aryl methyl sites for hydroxylation is 1. The van der Waals surface area contributed by atoms with E-state index in [0.29, 0.717) is 18.7 Å². The van der Waals surface area contributed by atoms with Crippen LogP contribution >= 0.6 is 11.6 Å². The van der Waals surface area contributed by atoms with Crippen molar-refractivity contribution in [1.82, 2.24) is 20.3 Å². The van der Waals surface area contributed by atoms with Gasteiger partial charge in [-0.3, -0.25) is 4.90 Å². The number of benzene rings is 1. The van der Waals surface area contributed by atoms with Crippen LogP contribution in [0, 0.1) is 6.92 Å². The summed E-state index contributed by atoms with van der Waals surface area (Å²) in [5.74, 6) is 0. The summed E-state index contributed by atoms with van der Waals surface area (Å²) in [4.78, 5) is 2.23. The molecule has 2 heterocycles. The van der Waals surface area contributed by atoms with Crippen molar-refractivity contribution in [3.8, 4) is 0 Å². The highest BCUT2D eigenvalue weighted by Crippen LogP contribution is 2.31. The number of aromatic nitrogens is 3. The van der Waals surface area contributed by atoms with E-state index in [4.69, 9.17) is 11.6 Å². The van der Waals surface area contributed by atoms with E-state index in [1.807, 2.05) is 18.2 Å². The summed E-state index contributed by atoms with van der Waals surface area (Å²) in [6, 6.07) is 5.92. The summed E-state index contributed by atoms with van der Waals surface area (Å²) in [5.41, 5.74) is 2.13. The monoisotopic (exact) mass is 292 g/mol. The third kappa shape index (κ3) is 2.57. The number of halogens is 1. The predicted molar refractivity (Wildman–Crippen MR) is 76.4 cm³/mol. The van der Waals surface area contributed by atoms with Crippen molar-refractivity contribution < 1.29 is 5.11 Å². The van der Waals surface area contributed by atoms with Crippen LogP contribution in [-0.4, -0.2) is 38.5 Å². The van der Waals surface area contributed by atoms with Crippen LogP contribution in [0.2, 0.25) is 5.02 Å². The minimum absolute atomic E-state index is 0.571. The minimum Gasteiger partial charge on any atom is -0.382 e. The fourth-order valence-electron chi connectivity index (χ4n) is 2.72. The van der Waals surface area contributed by atoms with E-state index in [-0.39, 0.29) is 0 Å². The van der Waals surface area contributed by atoms with Gasteiger partial charge in [0.15, 0.2) is 0 Å². The first-order valence-electron chi connectivity index (χ1n) is 6.63. The average molecular weight is 293 g/mol. The van der Waals surface area contributed by atoms with E-state index in [9.17, 15) is 5.11 Å². The van der Waals surface area contributed by atoms with Gasteiger partial charge in [0.25, 0.3) is 0 Å². The third-order valence-electron chi connectivity index (χ3n) is 3.92. The van der Waals surface area contributed by atoms with Gasteiger partial charge in [0.1, 0.15) is 11.3 Å². The summed E-state index contributed by atoms with van der Waals surface area (Å²) in [6.07, 6.45) is 2.27. The van der Waals surface area contributed by atoms with Crippen molar-refractivity contribution in [2.45, 2.75) is 25.5 Å². The van der Waals surface area contributed by atoms with Crippen LogP contribution in [0.1, 0.15) is 23.2 Å². The first kappa shape index (κ1) is 13.5. The number of aliphatic hydroxyl groups is 1. The van der Waals surface area contributed by atoms with Crippen LogP contribution in [0.15, 0.2) is 24.4 Å². The van der Waals surface area contributed by atoms with Crippen molar-refractivity contribution in [3.05, 3.63) is 46.2 Å². The van der Waals surface area contributed by atoms with Crippen molar-refractivity contribution in [2.75, 3.05) is 13.1 Å². The summed E-state index contributed by atoms with van der Waals surface area (Å²) >= 11 is 5.97. The van der Waals surface area contributed by atoms with Crippen molar-refractivity contribution in [1.29, 1.82) is 0 Å². The molecular weight excluding hydrogens is 276 g/mol. The van der Waals surface area contributed by atoms with Crippen LogP contribution in [0.3, 0.4) is 0 Å². The highest BCUT2D eigenvalue weighted by molar-refractivity contribution is 6.30. The topological polar surface area (TPSA) is 65.0 Å². The van der Waals surface area contributed by atoms with Gasteiger partial charge in [-0.05, 0) is 36.6 Å². The van der Waals surface area contributed by atoms with Crippen LogP contribution in [-0.2, 0) is 12.1 Å². The van der Waals surface area contributed by atoms with Gasteiger partial charge in [0.05, 0.1) is 6.20 Å². The standard InChI is InChI=1S/C14H17ClN4O/c1-10-6-12(15)3-2-11(10)8-19-5-4-14(20,9-19)13-7-16-18-17-13/h2-3,6-7,20H,4-5,8-9H2,1H3,(H,16,17,18). The molecule has 1 aliphatic rings.